The molecule has 87 heavy (non-hydrogen) atoms. The minimum atomic E-state index is -1.60. The molecule has 1 unspecified atom stereocenters. The summed E-state index contributed by atoms with van der Waals surface area (Å²) in [7, 11) is 9.88. The first-order valence-electron chi connectivity index (χ1n) is 31.1. The number of nitrogens with one attached hydrogen (secondary N) is 4. The number of carbonyl (C=O) groups is 12. The van der Waals surface area contributed by atoms with Gasteiger partial charge in [0, 0.05) is 56.3 Å². The second-order valence-electron chi connectivity index (χ2n) is 25.8. The van der Waals surface area contributed by atoms with Gasteiger partial charge in [-0.05, 0) is 101 Å². The molecule has 0 bridgehead atoms. The van der Waals surface area contributed by atoms with Crippen LogP contribution in [0.15, 0.2) is 12.2 Å². The van der Waals surface area contributed by atoms with Gasteiger partial charge < -0.3 is 60.3 Å². The number of allylic oxidation sites excluding steroid dienone is 2. The van der Waals surface area contributed by atoms with Crippen LogP contribution in [0.4, 0.5) is 0 Å². The highest BCUT2D eigenvalue weighted by atomic mass is 16.5. The first kappa shape index (κ1) is 78.4. The number of nitrogens with zero attached hydrogens (tertiary/aromatic N) is 7. The highest BCUT2D eigenvalue weighted by molar-refractivity contribution is 5.99. The van der Waals surface area contributed by atoms with E-state index in [1.54, 1.807) is 47.6 Å². The van der Waals surface area contributed by atoms with Crippen LogP contribution < -0.4 is 21.3 Å². The van der Waals surface area contributed by atoms with Crippen LogP contribution in [0.25, 0.3) is 0 Å². The number of hydrogen-bond donors (Lipinski definition) is 4. The van der Waals surface area contributed by atoms with Crippen LogP contribution in [0.5, 0.6) is 0 Å². The molecule has 1 heterocycles. The van der Waals surface area contributed by atoms with Crippen molar-refractivity contribution in [2.45, 2.75) is 229 Å². The number of ether oxygens (including phenoxy) is 1. The molecule has 1 fully saturated rings. The molecule has 0 aromatic heterocycles. The van der Waals surface area contributed by atoms with Crippen molar-refractivity contribution >= 4 is 70.9 Å². The minimum Gasteiger partial charge on any atom is -0.459 e. The Hall–Kier alpha value is -6.62. The predicted molar refractivity (Wildman–Crippen MR) is 333 cm³/mol. The SMILES string of the molecule is C/C=C/C[C@@H](C)[C@@H](OC(C)=O)C1C(=O)N[C@@H](CC)C(=O)N(C)[C@H](C)C(=O)N(C)[C@@H](CC(C)C)C(=O)N[C@H](C(C)C)C(=O)N(C)[C@H](CC(C)C)C(=O)N[C@H](C)C(=O)NCC(=O)N(C)[C@H](CC(C)C)C(=O)N(C)[C@@H](CC(C)C)C(=O)N(C)[C@@H](CC)C(=O)N1C. The minimum absolute atomic E-state index is 0.00610. The van der Waals surface area contributed by atoms with Crippen molar-refractivity contribution in [3.63, 3.8) is 0 Å². The zero-order valence-electron chi connectivity index (χ0n) is 57.1. The number of esters is 1. The summed E-state index contributed by atoms with van der Waals surface area (Å²) in [6.45, 7) is 28.7. The van der Waals surface area contributed by atoms with Crippen LogP contribution >= 0.6 is 0 Å². The molecule has 24 nitrogen and oxygen atoms in total. The summed E-state index contributed by atoms with van der Waals surface area (Å²) in [6.07, 6.45) is 3.18. The molecule has 1 saturated heterocycles. The van der Waals surface area contributed by atoms with Gasteiger partial charge >= 0.3 is 5.97 Å². The monoisotopic (exact) mass is 1230 g/mol. The second kappa shape index (κ2) is 36.0. The van der Waals surface area contributed by atoms with Crippen LogP contribution in [0.3, 0.4) is 0 Å². The zero-order valence-corrected chi connectivity index (χ0v) is 57.1. The number of hydrogen-bond acceptors (Lipinski definition) is 13. The normalized spacial score (nSPS) is 26.4. The lowest BCUT2D eigenvalue weighted by Crippen LogP contribution is -2.63. The summed E-state index contributed by atoms with van der Waals surface area (Å²) in [5.74, 6) is -10.0. The Bertz CT molecular complexity index is 2410. The predicted octanol–water partition coefficient (Wildman–Crippen LogP) is 3.59. The fraction of sp³-hybridized carbons (Fsp3) is 0.778. The summed E-state index contributed by atoms with van der Waals surface area (Å²) in [5, 5.41) is 10.9. The molecular formula is C63H111N11O13. The third-order valence-electron chi connectivity index (χ3n) is 16.4. The highest BCUT2D eigenvalue weighted by Gasteiger charge is 2.46. The van der Waals surface area contributed by atoms with Crippen molar-refractivity contribution in [1.29, 1.82) is 0 Å². The highest BCUT2D eigenvalue weighted by Crippen LogP contribution is 2.26. The quantitative estimate of drug-likeness (QED) is 0.127. The summed E-state index contributed by atoms with van der Waals surface area (Å²) >= 11 is 0. The van der Waals surface area contributed by atoms with Crippen molar-refractivity contribution in [2.75, 3.05) is 55.9 Å². The molecule has 0 spiro atoms. The van der Waals surface area contributed by atoms with Gasteiger partial charge in [-0.15, -0.1) is 0 Å². The average Bonchev–Trinajstić information content (AvgIpc) is 1.27. The molecule has 0 saturated carbocycles. The van der Waals surface area contributed by atoms with E-state index in [-0.39, 0.29) is 62.2 Å². The lowest BCUT2D eigenvalue weighted by atomic mass is 9.91. The van der Waals surface area contributed by atoms with E-state index in [0.29, 0.717) is 6.42 Å². The van der Waals surface area contributed by atoms with Crippen molar-refractivity contribution in [1.82, 2.24) is 55.6 Å². The zero-order chi connectivity index (χ0) is 67.4. The first-order valence-corrected chi connectivity index (χ1v) is 31.1. The van der Waals surface area contributed by atoms with E-state index in [1.165, 1.54) is 94.6 Å². The first-order chi connectivity index (χ1) is 40.2. The topological polar surface area (TPSA) is 285 Å². The molecule has 4 N–H and O–H groups in total. The van der Waals surface area contributed by atoms with Crippen LogP contribution in [0.1, 0.15) is 163 Å². The Labute approximate surface area is 519 Å². The van der Waals surface area contributed by atoms with E-state index < -0.39 is 156 Å². The van der Waals surface area contributed by atoms with Gasteiger partial charge in [-0.2, -0.15) is 0 Å². The Balaban J connectivity index is 4.39. The van der Waals surface area contributed by atoms with Crippen LogP contribution in [0, 0.1) is 35.5 Å². The fourth-order valence-electron chi connectivity index (χ4n) is 10.8. The van der Waals surface area contributed by atoms with Crippen LogP contribution in [-0.4, -0.2) is 228 Å². The third-order valence-corrected chi connectivity index (χ3v) is 16.4. The van der Waals surface area contributed by atoms with E-state index in [9.17, 15) is 43.2 Å². The molecule has 12 atom stereocenters. The lowest BCUT2D eigenvalue weighted by molar-refractivity contribution is -0.163. The van der Waals surface area contributed by atoms with Crippen LogP contribution in [-0.2, 0) is 62.3 Å². The van der Waals surface area contributed by atoms with Gasteiger partial charge in [0.05, 0.1) is 6.54 Å². The smallest absolute Gasteiger partial charge is 0.303 e. The van der Waals surface area contributed by atoms with E-state index in [1.807, 2.05) is 61.5 Å². The van der Waals surface area contributed by atoms with Crippen molar-refractivity contribution < 1.29 is 62.3 Å². The van der Waals surface area contributed by atoms with Gasteiger partial charge in [0.15, 0.2) is 0 Å². The second-order valence-corrected chi connectivity index (χ2v) is 25.8. The third kappa shape index (κ3) is 22.2. The number of rotatable bonds is 16. The molecule has 1 aliphatic heterocycles. The standard InChI is InChI=1S/C63H111N11O13/c1-25-28-29-40(14)53(87-43(17)75)52-57(80)66-44(26-2)59(82)68(18)42(16)58(81)71(21)47(31-36(6)7)56(79)67-51(39(12)13)63(86)72(22)46(30-35(4)5)55(78)65-41(15)54(77)64-34-50(76)69(19)48(32-37(8)9)61(84)73(23)49(33-38(10)11)62(85)70(20)45(27-3)60(83)74(52)24/h25,28,35-42,44-49,51-53H,26-27,29-34H2,1-24H3,(H,64,77)(H,65,78)(H,66,80)(H,67,79)/b28-25+/t40-,41-,42-,44+,45+,46-,47+,48-,49+,51-,52?,53-/m1/s1. The average molecular weight is 1230 g/mol. The molecule has 0 aliphatic carbocycles. The molecule has 1 aliphatic rings. The maximum absolute atomic E-state index is 15.2. The Morgan fingerprint density at radius 3 is 1.37 bits per heavy atom. The molecule has 0 aromatic rings. The van der Waals surface area contributed by atoms with Crippen molar-refractivity contribution in [2.24, 2.45) is 35.5 Å². The number of carbonyl (C=O) groups excluding carboxylic acids is 12. The van der Waals surface area contributed by atoms with Gasteiger partial charge in [0.25, 0.3) is 0 Å². The van der Waals surface area contributed by atoms with Gasteiger partial charge in [-0.1, -0.05) is 102 Å². The molecule has 24 heteroatoms. The molecule has 1 rings (SSSR count). The van der Waals surface area contributed by atoms with E-state index in [2.05, 4.69) is 21.3 Å². The molecular weight excluding hydrogens is 1120 g/mol. The van der Waals surface area contributed by atoms with Crippen LogP contribution in [0.2, 0.25) is 0 Å². The Kier molecular flexibility index (Phi) is 32.4. The van der Waals surface area contributed by atoms with E-state index in [4.69, 9.17) is 4.74 Å². The Morgan fingerprint density at radius 1 is 0.506 bits per heavy atom. The summed E-state index contributed by atoms with van der Waals surface area (Å²) < 4.78 is 5.91. The Morgan fingerprint density at radius 2 is 0.931 bits per heavy atom. The largest absolute Gasteiger partial charge is 0.459 e. The van der Waals surface area contributed by atoms with E-state index in [0.717, 1.165) is 9.80 Å². The summed E-state index contributed by atoms with van der Waals surface area (Å²) in [5.41, 5.74) is 0. The maximum atomic E-state index is 15.2. The van der Waals surface area contributed by atoms with Crippen molar-refractivity contribution in [3.05, 3.63) is 12.2 Å². The molecule has 496 valence electrons. The number of amides is 11. The maximum Gasteiger partial charge on any atom is 0.303 e. The van der Waals surface area contributed by atoms with Gasteiger partial charge in [0.1, 0.15) is 66.5 Å². The molecule has 0 radical (unpaired) electrons. The summed E-state index contributed by atoms with van der Waals surface area (Å²) in [4.78, 5) is 182. The van der Waals surface area contributed by atoms with Crippen molar-refractivity contribution in [3.8, 4) is 0 Å². The fourth-order valence-corrected chi connectivity index (χ4v) is 10.8. The van der Waals surface area contributed by atoms with E-state index >= 15 is 14.4 Å². The van der Waals surface area contributed by atoms with Gasteiger partial charge in [-0.3, -0.25) is 57.5 Å². The number of likely N-dealkylation sites (N-methyl/N-ethyl adjacent to an activating group) is 7. The molecule has 0 aromatic carbocycles. The lowest BCUT2D eigenvalue weighted by Gasteiger charge is -2.41. The van der Waals surface area contributed by atoms with Gasteiger partial charge in [-0.25, -0.2) is 0 Å². The molecule has 11 amide bonds. The summed E-state index contributed by atoms with van der Waals surface area (Å²) in [6, 6.07) is -12.4. The van der Waals surface area contributed by atoms with Gasteiger partial charge in [0.2, 0.25) is 65.0 Å².